The Morgan fingerprint density at radius 1 is 1.10 bits per heavy atom. The van der Waals surface area contributed by atoms with Gasteiger partial charge in [-0.25, -0.2) is 0 Å². The molecule has 0 bridgehead atoms. The number of hydrogen-bond donors (Lipinski definition) is 2. The number of aryl methyl sites for hydroxylation is 1. The second-order valence-electron chi connectivity index (χ2n) is 5.00. The molecule has 20 heavy (non-hydrogen) atoms. The summed E-state index contributed by atoms with van der Waals surface area (Å²) in [5, 5.41) is 11.7. The van der Waals surface area contributed by atoms with Crippen molar-refractivity contribution in [2.45, 2.75) is 12.8 Å². The highest BCUT2D eigenvalue weighted by Gasteiger charge is 2.19. The summed E-state index contributed by atoms with van der Waals surface area (Å²) < 4.78 is 0. The monoisotopic (exact) mass is 285 g/mol. The van der Waals surface area contributed by atoms with Crippen LogP contribution < -0.4 is 0 Å². The summed E-state index contributed by atoms with van der Waals surface area (Å²) in [7, 11) is 0. The highest BCUT2D eigenvalue weighted by atomic mass is 35.5. The van der Waals surface area contributed by atoms with Gasteiger partial charge in [-0.2, -0.15) is 0 Å². The number of fused-ring (bicyclic) bond motifs is 1. The molecule has 0 saturated carbocycles. The number of aliphatic hydroxyl groups excluding tert-OH is 1. The molecule has 0 aliphatic heterocycles. The maximum absolute atomic E-state index is 9.86. The van der Waals surface area contributed by atoms with Crippen LogP contribution in [0.5, 0.6) is 0 Å². The number of benzene rings is 2. The van der Waals surface area contributed by atoms with Gasteiger partial charge in [0.05, 0.1) is 6.61 Å². The van der Waals surface area contributed by atoms with Gasteiger partial charge in [-0.1, -0.05) is 41.9 Å². The summed E-state index contributed by atoms with van der Waals surface area (Å²) in [5.41, 5.74) is 4.43. The van der Waals surface area contributed by atoms with E-state index in [0.29, 0.717) is 5.02 Å². The number of halogens is 1. The minimum atomic E-state index is -0.0385. The lowest BCUT2D eigenvalue weighted by Gasteiger charge is -2.16. The van der Waals surface area contributed by atoms with Crippen LogP contribution in [0.2, 0.25) is 5.02 Å². The topological polar surface area (TPSA) is 36.0 Å². The van der Waals surface area contributed by atoms with E-state index in [1.54, 1.807) is 0 Å². The van der Waals surface area contributed by atoms with Crippen LogP contribution in [0.4, 0.5) is 0 Å². The van der Waals surface area contributed by atoms with Gasteiger partial charge in [0.1, 0.15) is 0 Å². The Kier molecular flexibility index (Phi) is 3.51. The molecule has 0 spiro atoms. The van der Waals surface area contributed by atoms with Gasteiger partial charge in [0, 0.05) is 27.5 Å². The molecule has 0 amide bonds. The van der Waals surface area contributed by atoms with Gasteiger partial charge < -0.3 is 10.1 Å². The highest BCUT2D eigenvalue weighted by molar-refractivity contribution is 6.30. The fraction of sp³-hybridized carbons (Fsp3) is 0.176. The van der Waals surface area contributed by atoms with Crippen molar-refractivity contribution in [2.75, 3.05) is 6.61 Å². The molecule has 2 nitrogen and oxygen atoms in total. The molecular weight excluding hydrogens is 270 g/mol. The van der Waals surface area contributed by atoms with Crippen LogP contribution >= 0.6 is 11.6 Å². The first-order valence-electron chi connectivity index (χ1n) is 6.64. The summed E-state index contributed by atoms with van der Waals surface area (Å²) in [6.07, 6.45) is 0. The zero-order valence-corrected chi connectivity index (χ0v) is 12.0. The van der Waals surface area contributed by atoms with Gasteiger partial charge in [0.15, 0.2) is 0 Å². The van der Waals surface area contributed by atoms with E-state index in [4.69, 9.17) is 11.6 Å². The smallest absolute Gasteiger partial charge is 0.0541 e. The number of para-hydroxylation sites is 1. The summed E-state index contributed by atoms with van der Waals surface area (Å²) in [4.78, 5) is 3.39. The predicted molar refractivity (Wildman–Crippen MR) is 83.4 cm³/mol. The van der Waals surface area contributed by atoms with Crippen LogP contribution in [0, 0.1) is 6.92 Å². The molecule has 0 saturated heterocycles. The molecule has 3 heteroatoms. The quantitative estimate of drug-likeness (QED) is 0.741. The lowest BCUT2D eigenvalue weighted by Crippen LogP contribution is -2.07. The van der Waals surface area contributed by atoms with Crippen LogP contribution in [-0.4, -0.2) is 16.7 Å². The number of aromatic nitrogens is 1. The number of nitrogens with one attached hydrogen (secondary N) is 1. The van der Waals surface area contributed by atoms with E-state index < -0.39 is 0 Å². The van der Waals surface area contributed by atoms with E-state index in [1.165, 1.54) is 5.39 Å². The Morgan fingerprint density at radius 2 is 1.80 bits per heavy atom. The molecule has 2 aromatic carbocycles. The fourth-order valence-corrected chi connectivity index (χ4v) is 2.93. The Morgan fingerprint density at radius 3 is 2.50 bits per heavy atom. The summed E-state index contributed by atoms with van der Waals surface area (Å²) in [6, 6.07) is 15.9. The largest absolute Gasteiger partial charge is 0.395 e. The molecule has 1 atom stereocenters. The van der Waals surface area contributed by atoms with E-state index in [9.17, 15) is 5.11 Å². The molecule has 0 aliphatic carbocycles. The molecular formula is C17H16ClNO. The van der Waals surface area contributed by atoms with E-state index in [2.05, 4.69) is 17.1 Å². The van der Waals surface area contributed by atoms with E-state index in [-0.39, 0.29) is 12.5 Å². The molecule has 3 rings (SSSR count). The molecule has 2 N–H and O–H groups in total. The Hall–Kier alpha value is -1.77. The molecule has 1 aromatic heterocycles. The first-order valence-corrected chi connectivity index (χ1v) is 7.02. The average molecular weight is 286 g/mol. The van der Waals surface area contributed by atoms with Crippen molar-refractivity contribution in [3.8, 4) is 0 Å². The SMILES string of the molecule is Cc1[nH]c2ccccc2c1C(CO)c1ccc(Cl)cc1. The van der Waals surface area contributed by atoms with E-state index >= 15 is 0 Å². The van der Waals surface area contributed by atoms with Gasteiger partial charge in [-0.15, -0.1) is 0 Å². The van der Waals surface area contributed by atoms with Crippen LogP contribution in [0.3, 0.4) is 0 Å². The van der Waals surface area contributed by atoms with Crippen molar-refractivity contribution in [1.82, 2.24) is 4.98 Å². The molecule has 0 aliphatic rings. The third-order valence-electron chi connectivity index (χ3n) is 3.75. The van der Waals surface area contributed by atoms with Gasteiger partial charge in [0.2, 0.25) is 0 Å². The summed E-state index contributed by atoms with van der Waals surface area (Å²) in [5.74, 6) is -0.0385. The van der Waals surface area contributed by atoms with E-state index in [1.807, 2.05) is 43.3 Å². The lowest BCUT2D eigenvalue weighted by molar-refractivity contribution is 0.281. The summed E-state index contributed by atoms with van der Waals surface area (Å²) in [6.45, 7) is 2.12. The van der Waals surface area contributed by atoms with Crippen molar-refractivity contribution >= 4 is 22.5 Å². The number of rotatable bonds is 3. The second-order valence-corrected chi connectivity index (χ2v) is 5.43. The second kappa shape index (κ2) is 5.31. The van der Waals surface area contributed by atoms with Crippen LogP contribution in [-0.2, 0) is 0 Å². The highest BCUT2D eigenvalue weighted by Crippen LogP contribution is 2.33. The van der Waals surface area contributed by atoms with E-state index in [0.717, 1.165) is 22.3 Å². The van der Waals surface area contributed by atoms with Crippen LogP contribution in [0.25, 0.3) is 10.9 Å². The van der Waals surface area contributed by atoms with Crippen molar-refractivity contribution < 1.29 is 5.11 Å². The number of H-pyrrole nitrogens is 1. The molecule has 0 fully saturated rings. The van der Waals surface area contributed by atoms with Crippen molar-refractivity contribution in [3.63, 3.8) is 0 Å². The fourth-order valence-electron chi connectivity index (χ4n) is 2.81. The first kappa shape index (κ1) is 13.2. The maximum Gasteiger partial charge on any atom is 0.0541 e. The van der Waals surface area contributed by atoms with Gasteiger partial charge >= 0.3 is 0 Å². The molecule has 0 radical (unpaired) electrons. The van der Waals surface area contributed by atoms with Gasteiger partial charge in [-0.3, -0.25) is 0 Å². The van der Waals surface area contributed by atoms with Crippen LogP contribution in [0.15, 0.2) is 48.5 Å². The molecule has 1 heterocycles. The van der Waals surface area contributed by atoms with Gasteiger partial charge in [0.25, 0.3) is 0 Å². The lowest BCUT2D eigenvalue weighted by atomic mass is 9.90. The molecule has 102 valence electrons. The zero-order valence-electron chi connectivity index (χ0n) is 11.2. The Balaban J connectivity index is 2.16. The van der Waals surface area contributed by atoms with Crippen LogP contribution in [0.1, 0.15) is 22.7 Å². The minimum absolute atomic E-state index is 0.0385. The Labute approximate surface area is 123 Å². The standard InChI is InChI=1S/C17H16ClNO/c1-11-17(14-4-2-3-5-16(14)19-11)15(10-20)12-6-8-13(18)9-7-12/h2-9,15,19-20H,10H2,1H3. The number of aromatic amines is 1. The van der Waals surface area contributed by atoms with Crippen molar-refractivity contribution in [3.05, 3.63) is 70.4 Å². The minimum Gasteiger partial charge on any atom is -0.395 e. The summed E-state index contributed by atoms with van der Waals surface area (Å²) >= 11 is 5.94. The predicted octanol–water partition coefficient (Wildman–Crippen LogP) is 4.25. The molecule has 1 unspecified atom stereocenters. The van der Waals surface area contributed by atoms with Crippen molar-refractivity contribution in [2.24, 2.45) is 0 Å². The third kappa shape index (κ3) is 2.21. The molecule has 3 aromatic rings. The van der Waals surface area contributed by atoms with Crippen molar-refractivity contribution in [1.29, 1.82) is 0 Å². The third-order valence-corrected chi connectivity index (χ3v) is 4.00. The average Bonchev–Trinajstić information content (AvgIpc) is 2.79. The zero-order chi connectivity index (χ0) is 14.1. The van der Waals surface area contributed by atoms with Gasteiger partial charge in [-0.05, 0) is 36.2 Å². The Bertz CT molecular complexity index is 730. The first-order chi connectivity index (χ1) is 9.70. The normalized spacial score (nSPS) is 12.8. The number of hydrogen-bond acceptors (Lipinski definition) is 1. The maximum atomic E-state index is 9.86. The number of aliphatic hydroxyl groups is 1.